The number of benzene rings is 1. The Hall–Kier alpha value is -2.90. The average Bonchev–Trinajstić information content (AvgIpc) is 3.26. The molecule has 0 aliphatic heterocycles. The molecule has 0 unspecified atom stereocenters. The molecule has 2 N–H and O–H groups in total. The number of nitrogen functional groups attached to an aromatic ring is 1. The lowest BCUT2D eigenvalue weighted by Gasteiger charge is -2.05. The van der Waals surface area contributed by atoms with Gasteiger partial charge >= 0.3 is 0 Å². The van der Waals surface area contributed by atoms with Gasteiger partial charge in [-0.1, -0.05) is 40.2 Å². The van der Waals surface area contributed by atoms with Gasteiger partial charge in [0.15, 0.2) is 0 Å². The smallest absolute Gasteiger partial charge is 0.280 e. The Labute approximate surface area is 158 Å². The van der Waals surface area contributed by atoms with E-state index in [1.807, 2.05) is 36.4 Å². The second kappa shape index (κ2) is 7.15. The zero-order valence-electron chi connectivity index (χ0n) is 13.4. The third-order valence-electron chi connectivity index (χ3n) is 3.73. The molecule has 6 nitrogen and oxygen atoms in total. The summed E-state index contributed by atoms with van der Waals surface area (Å²) in [5.41, 5.74) is 9.47. The fourth-order valence-corrected chi connectivity index (χ4v) is 3.31. The standard InChI is InChI=1S/C18H13ClN4O2S/c19-16-10-26-18(22-16)25-12-5-3-11(4-6-12)8-15-14(9-24-23-15)13-2-1-7-21-17(13)20/h1-7,9-10H,8H2,(H2,20,21). The summed E-state index contributed by atoms with van der Waals surface area (Å²) in [5.74, 6) is 1.14. The van der Waals surface area contributed by atoms with Crippen LogP contribution in [0.5, 0.6) is 10.9 Å². The maximum absolute atomic E-state index is 5.96. The van der Waals surface area contributed by atoms with Crippen LogP contribution >= 0.6 is 22.9 Å². The van der Waals surface area contributed by atoms with Crippen LogP contribution in [0.25, 0.3) is 11.1 Å². The molecule has 0 atom stereocenters. The topological polar surface area (TPSA) is 87.1 Å². The summed E-state index contributed by atoms with van der Waals surface area (Å²) in [5, 5.41) is 6.77. The van der Waals surface area contributed by atoms with E-state index in [9.17, 15) is 0 Å². The predicted molar refractivity (Wildman–Crippen MR) is 101 cm³/mol. The number of nitrogens with zero attached hydrogens (tertiary/aromatic N) is 3. The Bertz CT molecular complexity index is 1030. The third-order valence-corrected chi connectivity index (χ3v) is 4.77. The Morgan fingerprint density at radius 1 is 1.15 bits per heavy atom. The van der Waals surface area contributed by atoms with E-state index in [-0.39, 0.29) is 0 Å². The van der Waals surface area contributed by atoms with Crippen molar-refractivity contribution >= 4 is 28.8 Å². The minimum atomic E-state index is 0.426. The largest absolute Gasteiger partial charge is 0.431 e. The molecular weight excluding hydrogens is 372 g/mol. The van der Waals surface area contributed by atoms with E-state index in [0.29, 0.717) is 28.3 Å². The highest BCUT2D eigenvalue weighted by Gasteiger charge is 2.14. The van der Waals surface area contributed by atoms with Crippen molar-refractivity contribution in [1.82, 2.24) is 15.1 Å². The number of thiazole rings is 1. The molecule has 0 aliphatic carbocycles. The van der Waals surface area contributed by atoms with Crippen molar-refractivity contribution in [3.8, 4) is 22.1 Å². The normalized spacial score (nSPS) is 10.8. The molecule has 4 aromatic rings. The van der Waals surface area contributed by atoms with Gasteiger partial charge in [0.05, 0.1) is 5.69 Å². The van der Waals surface area contributed by atoms with Crippen molar-refractivity contribution in [2.24, 2.45) is 0 Å². The Balaban J connectivity index is 1.52. The van der Waals surface area contributed by atoms with Crippen LogP contribution in [0.1, 0.15) is 11.3 Å². The quantitative estimate of drug-likeness (QED) is 0.531. The van der Waals surface area contributed by atoms with E-state index in [2.05, 4.69) is 15.1 Å². The summed E-state index contributed by atoms with van der Waals surface area (Å²) in [6.07, 6.45) is 3.84. The molecule has 0 bridgehead atoms. The number of nitrogens with two attached hydrogens (primary N) is 1. The summed E-state index contributed by atoms with van der Waals surface area (Å²) < 4.78 is 10.8. The number of pyridine rings is 1. The number of rotatable bonds is 5. The highest BCUT2D eigenvalue weighted by Crippen LogP contribution is 2.30. The highest BCUT2D eigenvalue weighted by molar-refractivity contribution is 7.11. The molecule has 3 heterocycles. The average molecular weight is 385 g/mol. The molecule has 26 heavy (non-hydrogen) atoms. The third kappa shape index (κ3) is 3.54. The van der Waals surface area contributed by atoms with Crippen LogP contribution in [-0.4, -0.2) is 15.1 Å². The van der Waals surface area contributed by atoms with Gasteiger partial charge in [-0.25, -0.2) is 4.98 Å². The van der Waals surface area contributed by atoms with Crippen molar-refractivity contribution in [3.63, 3.8) is 0 Å². The lowest BCUT2D eigenvalue weighted by atomic mass is 10.0. The second-order valence-corrected chi connectivity index (χ2v) is 6.68. The van der Waals surface area contributed by atoms with Gasteiger partial charge in [0.2, 0.25) is 0 Å². The lowest BCUT2D eigenvalue weighted by molar-refractivity contribution is 0.413. The first-order chi connectivity index (χ1) is 12.7. The van der Waals surface area contributed by atoms with Crippen molar-refractivity contribution in [3.05, 3.63) is 70.6 Å². The first-order valence-corrected chi connectivity index (χ1v) is 8.97. The van der Waals surface area contributed by atoms with E-state index in [1.165, 1.54) is 11.3 Å². The van der Waals surface area contributed by atoms with Crippen LogP contribution in [0.4, 0.5) is 5.82 Å². The summed E-state index contributed by atoms with van der Waals surface area (Å²) >= 11 is 7.15. The van der Waals surface area contributed by atoms with Gasteiger partial charge < -0.3 is 15.0 Å². The van der Waals surface area contributed by atoms with E-state index >= 15 is 0 Å². The number of hydrogen-bond acceptors (Lipinski definition) is 7. The van der Waals surface area contributed by atoms with Gasteiger partial charge in [-0.05, 0) is 29.8 Å². The van der Waals surface area contributed by atoms with Crippen LogP contribution in [0.2, 0.25) is 5.15 Å². The van der Waals surface area contributed by atoms with Gasteiger partial charge in [0, 0.05) is 29.1 Å². The molecule has 8 heteroatoms. The van der Waals surface area contributed by atoms with Crippen LogP contribution < -0.4 is 10.5 Å². The first kappa shape index (κ1) is 16.6. The van der Waals surface area contributed by atoms with Gasteiger partial charge in [-0.3, -0.25) is 0 Å². The van der Waals surface area contributed by atoms with E-state index in [0.717, 1.165) is 22.4 Å². The van der Waals surface area contributed by atoms with E-state index in [1.54, 1.807) is 17.8 Å². The molecule has 4 rings (SSSR count). The Kier molecular flexibility index (Phi) is 4.55. The van der Waals surface area contributed by atoms with Crippen molar-refractivity contribution in [2.45, 2.75) is 6.42 Å². The lowest BCUT2D eigenvalue weighted by Crippen LogP contribution is -1.96. The maximum atomic E-state index is 5.96. The molecule has 1 aromatic carbocycles. The van der Waals surface area contributed by atoms with Crippen molar-refractivity contribution < 1.29 is 9.26 Å². The monoisotopic (exact) mass is 384 g/mol. The van der Waals surface area contributed by atoms with Crippen LogP contribution in [0, 0.1) is 0 Å². The Morgan fingerprint density at radius 3 is 2.73 bits per heavy atom. The number of anilines is 1. The maximum Gasteiger partial charge on any atom is 0.280 e. The summed E-state index contributed by atoms with van der Waals surface area (Å²) in [6.45, 7) is 0. The predicted octanol–water partition coefficient (Wildman–Crippen LogP) is 4.81. The number of hydrogen-bond donors (Lipinski definition) is 1. The highest BCUT2D eigenvalue weighted by atomic mass is 35.5. The minimum absolute atomic E-state index is 0.426. The fraction of sp³-hybridized carbons (Fsp3) is 0.0556. The van der Waals surface area contributed by atoms with E-state index in [4.69, 9.17) is 26.6 Å². The van der Waals surface area contributed by atoms with Gasteiger partial charge in [0.25, 0.3) is 5.19 Å². The van der Waals surface area contributed by atoms with Crippen LogP contribution in [0.15, 0.2) is 58.8 Å². The Morgan fingerprint density at radius 2 is 2.00 bits per heavy atom. The zero-order valence-corrected chi connectivity index (χ0v) is 15.0. The molecule has 0 saturated heterocycles. The number of ether oxygens (including phenoxy) is 1. The van der Waals surface area contributed by atoms with Crippen LogP contribution in [0.3, 0.4) is 0 Å². The summed E-state index contributed by atoms with van der Waals surface area (Å²) in [4.78, 5) is 8.18. The first-order valence-electron chi connectivity index (χ1n) is 7.71. The van der Waals surface area contributed by atoms with E-state index < -0.39 is 0 Å². The van der Waals surface area contributed by atoms with Gasteiger partial charge in [-0.15, -0.1) is 0 Å². The number of halogens is 1. The van der Waals surface area contributed by atoms with Crippen molar-refractivity contribution in [1.29, 1.82) is 0 Å². The molecule has 0 radical (unpaired) electrons. The van der Waals surface area contributed by atoms with Crippen LogP contribution in [-0.2, 0) is 6.42 Å². The van der Waals surface area contributed by atoms with Gasteiger partial charge in [-0.2, -0.15) is 4.98 Å². The fourth-order valence-electron chi connectivity index (χ4n) is 2.51. The molecule has 3 aromatic heterocycles. The molecular formula is C18H13ClN4O2S. The zero-order chi connectivity index (χ0) is 17.9. The van der Waals surface area contributed by atoms with Gasteiger partial charge in [0.1, 0.15) is 23.0 Å². The molecule has 0 fully saturated rings. The number of aromatic nitrogens is 3. The molecule has 130 valence electrons. The minimum Gasteiger partial charge on any atom is -0.431 e. The summed E-state index contributed by atoms with van der Waals surface area (Å²) in [6, 6.07) is 11.4. The molecule has 0 saturated carbocycles. The summed E-state index contributed by atoms with van der Waals surface area (Å²) in [7, 11) is 0. The molecule has 0 spiro atoms. The molecule has 0 amide bonds. The molecule has 0 aliphatic rings. The van der Waals surface area contributed by atoms with Crippen molar-refractivity contribution in [2.75, 3.05) is 5.73 Å². The second-order valence-electron chi connectivity index (χ2n) is 5.47. The SMILES string of the molecule is Nc1ncccc1-c1conc1Cc1ccc(Oc2nc(Cl)cs2)cc1.